The molecule has 0 spiro atoms. The van der Waals surface area contributed by atoms with Crippen LogP contribution in [0, 0.1) is 18.8 Å². The van der Waals surface area contributed by atoms with Crippen LogP contribution in [-0.2, 0) is 17.6 Å². The van der Waals surface area contributed by atoms with Crippen LogP contribution in [0.1, 0.15) is 77.5 Å². The van der Waals surface area contributed by atoms with Crippen molar-refractivity contribution in [3.05, 3.63) is 27.8 Å². The zero-order valence-corrected chi connectivity index (χ0v) is 21.6. The Hall–Kier alpha value is -2.46. The number of thiophene rings is 1. The van der Waals surface area contributed by atoms with E-state index in [2.05, 4.69) is 26.4 Å². The average molecular weight is 513 g/mol. The molecule has 6 rings (SSSR count). The SMILES string of the molecule is Cc1cc(NC(=S)N[C@H]2CCc3sc(NC(=O)C4CC4)c(C(=O)NCC4CC4)c3C2)n(C2CC2)n1. The number of carbonyl (C=O) groups is 2. The molecule has 35 heavy (non-hydrogen) atoms. The van der Waals surface area contributed by atoms with Crippen LogP contribution < -0.4 is 21.3 Å². The number of nitrogens with one attached hydrogen (secondary N) is 4. The van der Waals surface area contributed by atoms with Crippen molar-refractivity contribution in [1.82, 2.24) is 20.4 Å². The highest BCUT2D eigenvalue weighted by molar-refractivity contribution is 7.80. The zero-order valence-electron chi connectivity index (χ0n) is 20.0. The van der Waals surface area contributed by atoms with Gasteiger partial charge in [0.2, 0.25) is 5.91 Å². The summed E-state index contributed by atoms with van der Waals surface area (Å²) in [5, 5.41) is 18.9. The number of hydrogen-bond donors (Lipinski definition) is 4. The van der Waals surface area contributed by atoms with Gasteiger partial charge in [-0.3, -0.25) is 9.59 Å². The zero-order chi connectivity index (χ0) is 24.1. The number of carbonyl (C=O) groups excluding carboxylic acids is 2. The number of aromatic nitrogens is 2. The summed E-state index contributed by atoms with van der Waals surface area (Å²) in [4.78, 5) is 27.0. The van der Waals surface area contributed by atoms with Crippen molar-refractivity contribution < 1.29 is 9.59 Å². The molecular formula is C25H32N6O2S2. The third kappa shape index (κ3) is 5.23. The Morgan fingerprint density at radius 3 is 2.66 bits per heavy atom. The van der Waals surface area contributed by atoms with Gasteiger partial charge in [0.25, 0.3) is 5.91 Å². The Morgan fingerprint density at radius 1 is 1.14 bits per heavy atom. The van der Waals surface area contributed by atoms with E-state index < -0.39 is 0 Å². The van der Waals surface area contributed by atoms with Gasteiger partial charge >= 0.3 is 0 Å². The number of nitrogens with zero attached hydrogens (tertiary/aromatic N) is 2. The summed E-state index contributed by atoms with van der Waals surface area (Å²) in [6, 6.07) is 2.62. The van der Waals surface area contributed by atoms with Crippen molar-refractivity contribution in [3.63, 3.8) is 0 Å². The van der Waals surface area contributed by atoms with Crippen LogP contribution >= 0.6 is 23.6 Å². The maximum atomic E-state index is 13.3. The first-order valence-corrected chi connectivity index (χ1v) is 14.0. The molecule has 3 fully saturated rings. The smallest absolute Gasteiger partial charge is 0.254 e. The van der Waals surface area contributed by atoms with E-state index in [0.29, 0.717) is 40.6 Å². The molecule has 0 unspecified atom stereocenters. The topological polar surface area (TPSA) is 100 Å². The van der Waals surface area contributed by atoms with E-state index in [9.17, 15) is 9.59 Å². The van der Waals surface area contributed by atoms with Crippen LogP contribution in [0.15, 0.2) is 6.07 Å². The van der Waals surface area contributed by atoms with Crippen LogP contribution in [0.2, 0.25) is 0 Å². The maximum absolute atomic E-state index is 13.3. The Labute approximate surface area is 214 Å². The lowest BCUT2D eigenvalue weighted by Gasteiger charge is -2.25. The van der Waals surface area contributed by atoms with Crippen LogP contribution in [0.4, 0.5) is 10.8 Å². The molecule has 3 saturated carbocycles. The largest absolute Gasteiger partial charge is 0.359 e. The minimum atomic E-state index is -0.0642. The predicted octanol–water partition coefficient (Wildman–Crippen LogP) is 3.92. The highest BCUT2D eigenvalue weighted by Crippen LogP contribution is 2.40. The van der Waals surface area contributed by atoms with Gasteiger partial charge in [0.1, 0.15) is 10.8 Å². The minimum Gasteiger partial charge on any atom is -0.359 e. The molecule has 2 amide bonds. The van der Waals surface area contributed by atoms with Crippen LogP contribution in [-0.4, -0.2) is 39.3 Å². The second-order valence-corrected chi connectivity index (χ2v) is 12.0. The van der Waals surface area contributed by atoms with Crippen molar-refractivity contribution in [2.45, 2.75) is 76.8 Å². The fraction of sp³-hybridized carbons (Fsp3) is 0.600. The first-order valence-electron chi connectivity index (χ1n) is 12.8. The number of amides is 2. The number of thiocarbonyl (C=S) groups is 1. The van der Waals surface area contributed by atoms with Gasteiger partial charge in [0.05, 0.1) is 17.3 Å². The van der Waals surface area contributed by atoms with Gasteiger partial charge in [-0.2, -0.15) is 5.10 Å². The molecule has 4 N–H and O–H groups in total. The molecule has 0 saturated heterocycles. The lowest BCUT2D eigenvalue weighted by Crippen LogP contribution is -2.41. The molecule has 2 heterocycles. The third-order valence-corrected chi connectivity index (χ3v) is 8.68. The summed E-state index contributed by atoms with van der Waals surface area (Å²) in [6.45, 7) is 2.71. The van der Waals surface area contributed by atoms with Crippen LogP contribution in [0.5, 0.6) is 0 Å². The molecule has 2 aromatic rings. The van der Waals surface area contributed by atoms with Gasteiger partial charge in [-0.25, -0.2) is 4.68 Å². The number of hydrogen-bond acceptors (Lipinski definition) is 5. The van der Waals surface area contributed by atoms with Crippen molar-refractivity contribution in [2.24, 2.45) is 11.8 Å². The molecule has 0 aliphatic heterocycles. The summed E-state index contributed by atoms with van der Waals surface area (Å²) in [7, 11) is 0. The fourth-order valence-electron chi connectivity index (χ4n) is 4.79. The highest BCUT2D eigenvalue weighted by atomic mass is 32.1. The van der Waals surface area contributed by atoms with E-state index in [4.69, 9.17) is 12.2 Å². The van der Waals surface area contributed by atoms with E-state index in [1.807, 2.05) is 17.7 Å². The summed E-state index contributed by atoms with van der Waals surface area (Å²) >= 11 is 7.23. The molecule has 4 aliphatic carbocycles. The van der Waals surface area contributed by atoms with E-state index in [1.54, 1.807) is 11.3 Å². The number of anilines is 2. The molecule has 8 nitrogen and oxygen atoms in total. The number of fused-ring (bicyclic) bond motifs is 1. The Bertz CT molecular complexity index is 1180. The molecule has 4 aliphatic rings. The average Bonchev–Trinajstić information content (AvgIpc) is 3.69. The van der Waals surface area contributed by atoms with E-state index >= 15 is 0 Å². The van der Waals surface area contributed by atoms with Crippen LogP contribution in [0.25, 0.3) is 0 Å². The summed E-state index contributed by atoms with van der Waals surface area (Å²) < 4.78 is 2.04. The lowest BCUT2D eigenvalue weighted by molar-refractivity contribution is -0.117. The lowest BCUT2D eigenvalue weighted by atomic mass is 9.91. The normalized spacial score (nSPS) is 21.2. The second-order valence-electron chi connectivity index (χ2n) is 10.5. The Kier molecular flexibility index (Phi) is 6.04. The van der Waals surface area contributed by atoms with Gasteiger partial charge in [0, 0.05) is 29.4 Å². The van der Waals surface area contributed by atoms with Crippen molar-refractivity contribution >= 4 is 51.3 Å². The van der Waals surface area contributed by atoms with Gasteiger partial charge in [-0.15, -0.1) is 11.3 Å². The standard InChI is InChI=1S/C25H32N6O2S2/c1-13-10-20(31(30-13)17-7-8-17)28-25(34)27-16-6-9-19-18(11-16)21(23(33)26-12-14-2-3-14)24(35-19)29-22(32)15-4-5-15/h10,14-17H,2-9,11-12H2,1H3,(H,26,33)(H,29,32)(H2,27,28,34)/t16-/m0/s1. The van der Waals surface area contributed by atoms with Crippen molar-refractivity contribution in [1.29, 1.82) is 0 Å². The van der Waals surface area contributed by atoms with Crippen molar-refractivity contribution in [2.75, 3.05) is 17.2 Å². The molecule has 0 bridgehead atoms. The van der Waals surface area contributed by atoms with Crippen molar-refractivity contribution in [3.8, 4) is 0 Å². The quantitative estimate of drug-likeness (QED) is 0.400. The van der Waals surface area contributed by atoms with E-state index in [1.165, 1.54) is 17.7 Å². The third-order valence-electron chi connectivity index (χ3n) is 7.25. The molecule has 2 aromatic heterocycles. The van der Waals surface area contributed by atoms with Gasteiger partial charge in [0.15, 0.2) is 5.11 Å². The molecule has 1 atom stereocenters. The molecule has 186 valence electrons. The van der Waals surface area contributed by atoms with E-state index in [0.717, 1.165) is 55.6 Å². The Balaban J connectivity index is 1.16. The maximum Gasteiger partial charge on any atom is 0.254 e. The minimum absolute atomic E-state index is 0.0439. The van der Waals surface area contributed by atoms with Crippen LogP contribution in [0.3, 0.4) is 0 Å². The first kappa shape index (κ1) is 23.0. The van der Waals surface area contributed by atoms with Gasteiger partial charge < -0.3 is 21.3 Å². The predicted molar refractivity (Wildman–Crippen MR) is 141 cm³/mol. The van der Waals surface area contributed by atoms with Gasteiger partial charge in [-0.1, -0.05) is 0 Å². The summed E-state index contributed by atoms with van der Waals surface area (Å²) in [5.74, 6) is 1.61. The molecular weight excluding hydrogens is 480 g/mol. The first-order chi connectivity index (χ1) is 16.9. The molecule has 0 aromatic carbocycles. The molecule has 0 radical (unpaired) electrons. The second kappa shape index (κ2) is 9.20. The summed E-state index contributed by atoms with van der Waals surface area (Å²) in [5.41, 5.74) is 2.69. The Morgan fingerprint density at radius 2 is 1.94 bits per heavy atom. The number of rotatable bonds is 8. The van der Waals surface area contributed by atoms with E-state index in [-0.39, 0.29) is 23.8 Å². The van der Waals surface area contributed by atoms with Gasteiger partial charge in [-0.05, 0) is 88.4 Å². The highest BCUT2D eigenvalue weighted by Gasteiger charge is 2.34. The number of aryl methyl sites for hydroxylation is 2. The fourth-order valence-corrected chi connectivity index (χ4v) is 6.30. The summed E-state index contributed by atoms with van der Waals surface area (Å²) in [6.07, 6.45) is 9.06. The monoisotopic (exact) mass is 512 g/mol. The molecule has 10 heteroatoms.